The minimum Gasteiger partial charge on any atom is -0.300 e. The van der Waals surface area contributed by atoms with Gasteiger partial charge in [-0.2, -0.15) is 0 Å². The van der Waals surface area contributed by atoms with Crippen LogP contribution in [0.5, 0.6) is 0 Å². The van der Waals surface area contributed by atoms with Gasteiger partial charge in [0, 0.05) is 47.5 Å². The summed E-state index contributed by atoms with van der Waals surface area (Å²) in [5.41, 5.74) is 5.38. The number of Topliss-reactive ketones (excluding diaryl/α,β-unsaturated/α-hetero) is 2. The zero-order valence-corrected chi connectivity index (χ0v) is 15.7. The van der Waals surface area contributed by atoms with Crippen molar-refractivity contribution in [1.29, 1.82) is 0 Å². The predicted molar refractivity (Wildman–Crippen MR) is 108 cm³/mol. The quantitative estimate of drug-likeness (QED) is 0.568. The molecule has 138 valence electrons. The van der Waals surface area contributed by atoms with Crippen molar-refractivity contribution in [3.8, 4) is 11.3 Å². The van der Waals surface area contributed by atoms with E-state index in [0.717, 1.165) is 29.4 Å². The lowest BCUT2D eigenvalue weighted by Crippen LogP contribution is -2.60. The minimum atomic E-state index is -0.182. The van der Waals surface area contributed by atoms with Crippen LogP contribution in [0.25, 0.3) is 22.2 Å². The van der Waals surface area contributed by atoms with Crippen LogP contribution in [0.3, 0.4) is 0 Å². The zero-order valence-electron chi connectivity index (χ0n) is 15.7. The molecule has 28 heavy (non-hydrogen) atoms. The molecule has 1 aromatic heterocycles. The van der Waals surface area contributed by atoms with Crippen LogP contribution in [0, 0.1) is 0 Å². The van der Waals surface area contributed by atoms with Crippen LogP contribution in [-0.4, -0.2) is 16.6 Å². The summed E-state index contributed by atoms with van der Waals surface area (Å²) in [5, 5.41) is 1.14. The molecule has 3 aliphatic carbocycles. The molecule has 0 radical (unpaired) electrons. The van der Waals surface area contributed by atoms with Crippen molar-refractivity contribution in [2.24, 2.45) is 0 Å². The second kappa shape index (κ2) is 5.38. The third kappa shape index (κ3) is 1.87. The number of benzene rings is 2. The fourth-order valence-electron chi connectivity index (χ4n) is 6.16. The molecule has 3 aliphatic rings. The van der Waals surface area contributed by atoms with E-state index < -0.39 is 0 Å². The molecule has 2 spiro atoms. The van der Waals surface area contributed by atoms with E-state index in [0.29, 0.717) is 37.2 Å². The van der Waals surface area contributed by atoms with E-state index in [9.17, 15) is 9.59 Å². The maximum absolute atomic E-state index is 12.3. The molecule has 0 N–H and O–H groups in total. The summed E-state index contributed by atoms with van der Waals surface area (Å²) >= 11 is 0. The van der Waals surface area contributed by atoms with Gasteiger partial charge >= 0.3 is 0 Å². The minimum absolute atomic E-state index is 0.171. The van der Waals surface area contributed by atoms with Crippen LogP contribution in [0.15, 0.2) is 54.6 Å². The van der Waals surface area contributed by atoms with Crippen molar-refractivity contribution >= 4 is 22.5 Å². The van der Waals surface area contributed by atoms with Crippen molar-refractivity contribution in [2.45, 2.75) is 49.4 Å². The first-order valence-electron chi connectivity index (χ1n) is 10.2. The van der Waals surface area contributed by atoms with E-state index in [1.54, 1.807) is 0 Å². The highest BCUT2D eigenvalue weighted by atomic mass is 16.1. The van der Waals surface area contributed by atoms with Crippen LogP contribution in [0.2, 0.25) is 0 Å². The summed E-state index contributed by atoms with van der Waals surface area (Å²) in [6.07, 6.45) is 4.02. The Kier molecular flexibility index (Phi) is 3.11. The molecule has 1 heterocycles. The number of nitrogens with zero attached hydrogens (tertiary/aromatic N) is 1. The number of fused-ring (bicyclic) bond motifs is 7. The smallest absolute Gasteiger partial charge is 0.134 e. The number of ketones is 2. The van der Waals surface area contributed by atoms with E-state index >= 15 is 0 Å². The fourth-order valence-corrected chi connectivity index (χ4v) is 6.16. The van der Waals surface area contributed by atoms with E-state index in [1.807, 2.05) is 12.1 Å². The number of hydrogen-bond donors (Lipinski definition) is 0. The van der Waals surface area contributed by atoms with Gasteiger partial charge < -0.3 is 0 Å². The Morgan fingerprint density at radius 1 is 0.750 bits per heavy atom. The van der Waals surface area contributed by atoms with Crippen molar-refractivity contribution in [3.63, 3.8) is 0 Å². The average molecular weight is 367 g/mol. The normalized spacial score (nSPS) is 21.4. The molecule has 0 unspecified atom stereocenters. The predicted octanol–water partition coefficient (Wildman–Crippen LogP) is 4.90. The van der Waals surface area contributed by atoms with Gasteiger partial charge in [-0.1, -0.05) is 42.5 Å². The van der Waals surface area contributed by atoms with Crippen LogP contribution in [0.1, 0.15) is 49.7 Å². The molecule has 0 bridgehead atoms. The first-order valence-corrected chi connectivity index (χ1v) is 10.2. The monoisotopic (exact) mass is 367 g/mol. The van der Waals surface area contributed by atoms with E-state index in [1.165, 1.54) is 16.7 Å². The largest absolute Gasteiger partial charge is 0.300 e. The first-order chi connectivity index (χ1) is 13.6. The van der Waals surface area contributed by atoms with Crippen molar-refractivity contribution in [1.82, 2.24) is 4.98 Å². The first kappa shape index (κ1) is 16.2. The van der Waals surface area contributed by atoms with Crippen molar-refractivity contribution in [2.75, 3.05) is 0 Å². The van der Waals surface area contributed by atoms with Gasteiger partial charge in [0.15, 0.2) is 0 Å². The zero-order chi connectivity index (χ0) is 18.9. The number of carbonyl (C=O) groups is 2. The van der Waals surface area contributed by atoms with Crippen LogP contribution < -0.4 is 0 Å². The third-order valence-electron chi connectivity index (χ3n) is 7.51. The SMILES string of the molecule is O=C1CCC2(CC1)c1cc3ccccc3nc1-c1ccccc1C21CC(=O)C1. The summed E-state index contributed by atoms with van der Waals surface area (Å²) < 4.78 is 0. The summed E-state index contributed by atoms with van der Waals surface area (Å²) in [6, 6.07) is 19.0. The van der Waals surface area contributed by atoms with Gasteiger partial charge in [0.25, 0.3) is 0 Å². The molecule has 6 rings (SSSR count). The Morgan fingerprint density at radius 3 is 2.25 bits per heavy atom. The summed E-state index contributed by atoms with van der Waals surface area (Å²) in [4.78, 5) is 29.6. The molecule has 2 saturated carbocycles. The Hall–Kier alpha value is -2.81. The standard InChI is InChI=1S/C25H21NO2/c27-17-9-11-24(12-10-17)21-13-16-5-1-4-8-22(16)26-23(21)19-6-2-3-7-20(19)25(24)14-18(28)15-25/h1-8,13H,9-12,14-15H2. The molecule has 0 amide bonds. The molecular weight excluding hydrogens is 346 g/mol. The molecule has 0 aliphatic heterocycles. The molecule has 0 atom stereocenters. The maximum atomic E-state index is 12.3. The van der Waals surface area contributed by atoms with Gasteiger partial charge in [-0.25, -0.2) is 4.98 Å². The lowest BCUT2D eigenvalue weighted by Gasteiger charge is -2.60. The lowest BCUT2D eigenvalue weighted by molar-refractivity contribution is -0.133. The molecule has 3 heteroatoms. The third-order valence-corrected chi connectivity index (χ3v) is 7.51. The van der Waals surface area contributed by atoms with E-state index in [-0.39, 0.29) is 10.8 Å². The van der Waals surface area contributed by atoms with E-state index in [4.69, 9.17) is 4.98 Å². The number of para-hydroxylation sites is 1. The van der Waals surface area contributed by atoms with Gasteiger partial charge in [0.2, 0.25) is 0 Å². The second-order valence-corrected chi connectivity index (χ2v) is 8.72. The van der Waals surface area contributed by atoms with Gasteiger partial charge in [0.05, 0.1) is 11.2 Å². The van der Waals surface area contributed by atoms with Gasteiger partial charge in [-0.3, -0.25) is 9.59 Å². The number of pyridine rings is 1. The highest BCUT2D eigenvalue weighted by Gasteiger charge is 2.63. The van der Waals surface area contributed by atoms with Gasteiger partial charge in [-0.15, -0.1) is 0 Å². The fraction of sp³-hybridized carbons (Fsp3) is 0.320. The van der Waals surface area contributed by atoms with Crippen LogP contribution in [-0.2, 0) is 20.4 Å². The van der Waals surface area contributed by atoms with Crippen molar-refractivity contribution in [3.05, 3.63) is 65.7 Å². The molecule has 2 aromatic carbocycles. The topological polar surface area (TPSA) is 47.0 Å². The highest BCUT2D eigenvalue weighted by molar-refractivity contribution is 5.95. The molecule has 3 nitrogen and oxygen atoms in total. The second-order valence-electron chi connectivity index (χ2n) is 8.72. The Balaban J connectivity index is 1.72. The molecule has 3 aromatic rings. The summed E-state index contributed by atoms with van der Waals surface area (Å²) in [6.45, 7) is 0. The number of rotatable bonds is 0. The Bertz CT molecular complexity index is 1160. The summed E-state index contributed by atoms with van der Waals surface area (Å²) in [7, 11) is 0. The number of carbonyl (C=O) groups excluding carboxylic acids is 2. The van der Waals surface area contributed by atoms with Crippen molar-refractivity contribution < 1.29 is 9.59 Å². The Labute approximate surface area is 163 Å². The van der Waals surface area contributed by atoms with Crippen LogP contribution in [0.4, 0.5) is 0 Å². The van der Waals surface area contributed by atoms with Gasteiger partial charge in [0.1, 0.15) is 11.6 Å². The number of aromatic nitrogens is 1. The highest BCUT2D eigenvalue weighted by Crippen LogP contribution is 2.65. The Morgan fingerprint density at radius 2 is 1.46 bits per heavy atom. The molecule has 2 fully saturated rings. The number of hydrogen-bond acceptors (Lipinski definition) is 3. The molecular formula is C25H21NO2. The van der Waals surface area contributed by atoms with Gasteiger partial charge in [-0.05, 0) is 36.1 Å². The van der Waals surface area contributed by atoms with E-state index in [2.05, 4.69) is 42.5 Å². The van der Waals surface area contributed by atoms with Crippen LogP contribution >= 0.6 is 0 Å². The molecule has 0 saturated heterocycles. The maximum Gasteiger partial charge on any atom is 0.134 e. The average Bonchev–Trinajstić information content (AvgIpc) is 2.71. The lowest BCUT2D eigenvalue weighted by atomic mass is 9.41. The summed E-state index contributed by atoms with van der Waals surface area (Å²) in [5.74, 6) is 0.684.